The standard InChI is InChI=1S/C25H27F6NOS/c1-2-18-13-17(14-32-15-22(16-32)9-11-34-12-10-22)3-8-21(18)19-4-6-20(7-5-19)23(33,24(26,27)28)25(29,30)31/h3-8,13,33H,2,9-12,14-16H2,1H3. The average Bonchev–Trinajstić information content (AvgIpc) is 2.76. The Morgan fingerprint density at radius 1 is 0.912 bits per heavy atom. The van der Waals surface area contributed by atoms with E-state index in [0.717, 1.165) is 36.3 Å². The Kier molecular flexibility index (Phi) is 6.76. The summed E-state index contributed by atoms with van der Waals surface area (Å²) in [6, 6.07) is 9.70. The molecule has 0 aliphatic carbocycles. The van der Waals surface area contributed by atoms with Crippen molar-refractivity contribution in [3.05, 3.63) is 59.2 Å². The molecule has 0 saturated carbocycles. The molecule has 2 heterocycles. The number of rotatable bonds is 5. The number of alkyl halides is 6. The van der Waals surface area contributed by atoms with Crippen LogP contribution in [0.2, 0.25) is 0 Å². The lowest BCUT2D eigenvalue weighted by Crippen LogP contribution is -2.57. The highest BCUT2D eigenvalue weighted by Gasteiger charge is 2.71. The van der Waals surface area contributed by atoms with Crippen molar-refractivity contribution in [2.75, 3.05) is 24.6 Å². The highest BCUT2D eigenvalue weighted by molar-refractivity contribution is 7.99. The van der Waals surface area contributed by atoms with Gasteiger partial charge in [0.05, 0.1) is 0 Å². The van der Waals surface area contributed by atoms with Crippen molar-refractivity contribution in [1.82, 2.24) is 4.90 Å². The third-order valence-corrected chi connectivity index (χ3v) is 8.05. The van der Waals surface area contributed by atoms with Crippen molar-refractivity contribution in [2.24, 2.45) is 5.41 Å². The van der Waals surface area contributed by atoms with E-state index in [2.05, 4.69) is 11.0 Å². The Balaban J connectivity index is 1.52. The van der Waals surface area contributed by atoms with Gasteiger partial charge in [0, 0.05) is 25.2 Å². The summed E-state index contributed by atoms with van der Waals surface area (Å²) in [4.78, 5) is 2.42. The number of likely N-dealkylation sites (tertiary alicyclic amines) is 1. The second-order valence-corrected chi connectivity index (χ2v) is 10.6. The average molecular weight is 504 g/mol. The molecule has 2 fully saturated rings. The fraction of sp³-hybridized carbons (Fsp3) is 0.520. The molecular weight excluding hydrogens is 476 g/mol. The number of thioether (sulfide) groups is 1. The lowest BCUT2D eigenvalue weighted by atomic mass is 9.74. The minimum absolute atomic E-state index is 0.468. The van der Waals surface area contributed by atoms with E-state index in [1.807, 2.05) is 30.8 Å². The molecule has 0 amide bonds. The normalized spacial score (nSPS) is 19.3. The molecule has 4 rings (SSSR count). The van der Waals surface area contributed by atoms with Crippen molar-refractivity contribution in [1.29, 1.82) is 0 Å². The van der Waals surface area contributed by atoms with Crippen LogP contribution in [0.5, 0.6) is 0 Å². The molecule has 0 bridgehead atoms. The number of hydrogen-bond acceptors (Lipinski definition) is 3. The van der Waals surface area contributed by atoms with Crippen molar-refractivity contribution in [2.45, 2.75) is 50.7 Å². The zero-order chi connectivity index (χ0) is 24.8. The molecule has 2 aliphatic heterocycles. The van der Waals surface area contributed by atoms with Gasteiger partial charge in [-0.15, -0.1) is 0 Å². The number of aliphatic hydroxyl groups is 1. The molecule has 0 atom stereocenters. The number of aryl methyl sites for hydroxylation is 1. The Morgan fingerprint density at radius 2 is 1.50 bits per heavy atom. The largest absolute Gasteiger partial charge is 0.430 e. The van der Waals surface area contributed by atoms with Gasteiger partial charge in [-0.3, -0.25) is 4.90 Å². The molecule has 0 radical (unpaired) electrons. The molecule has 2 aromatic rings. The third kappa shape index (κ3) is 4.58. The van der Waals surface area contributed by atoms with E-state index in [0.29, 0.717) is 29.5 Å². The second-order valence-electron chi connectivity index (χ2n) is 9.39. The number of hydrogen-bond donors (Lipinski definition) is 1. The predicted octanol–water partition coefficient (Wildman–Crippen LogP) is 6.56. The molecular formula is C25H27F6NOS. The molecule has 1 spiro atoms. The summed E-state index contributed by atoms with van der Waals surface area (Å²) < 4.78 is 78.9. The van der Waals surface area contributed by atoms with Crippen LogP contribution in [0.25, 0.3) is 11.1 Å². The molecule has 0 unspecified atom stereocenters. The zero-order valence-corrected chi connectivity index (χ0v) is 19.6. The van der Waals surface area contributed by atoms with E-state index >= 15 is 0 Å². The minimum atomic E-state index is -5.89. The topological polar surface area (TPSA) is 23.5 Å². The van der Waals surface area contributed by atoms with Gasteiger partial charge < -0.3 is 5.11 Å². The van der Waals surface area contributed by atoms with Crippen LogP contribution < -0.4 is 0 Å². The minimum Gasteiger partial charge on any atom is -0.369 e. The van der Waals surface area contributed by atoms with Crippen molar-refractivity contribution in [3.8, 4) is 11.1 Å². The first-order valence-electron chi connectivity index (χ1n) is 11.3. The monoisotopic (exact) mass is 503 g/mol. The predicted molar refractivity (Wildman–Crippen MR) is 122 cm³/mol. The van der Waals surface area contributed by atoms with E-state index in [9.17, 15) is 31.4 Å². The van der Waals surface area contributed by atoms with Crippen molar-refractivity contribution in [3.63, 3.8) is 0 Å². The van der Waals surface area contributed by atoms with Crippen molar-refractivity contribution >= 4 is 11.8 Å². The maximum Gasteiger partial charge on any atom is 0.430 e. The summed E-state index contributed by atoms with van der Waals surface area (Å²) in [5.74, 6) is 2.45. The van der Waals surface area contributed by atoms with Crippen LogP contribution in [0.1, 0.15) is 36.5 Å². The van der Waals surface area contributed by atoms with Gasteiger partial charge in [0.2, 0.25) is 0 Å². The lowest BCUT2D eigenvalue weighted by Gasteiger charge is -2.52. The Morgan fingerprint density at radius 3 is 2.03 bits per heavy atom. The summed E-state index contributed by atoms with van der Waals surface area (Å²) in [5.41, 5.74) is -2.33. The molecule has 2 aliphatic rings. The number of nitrogens with zero attached hydrogens (tertiary/aromatic N) is 1. The van der Waals surface area contributed by atoms with Gasteiger partial charge in [-0.25, -0.2) is 0 Å². The molecule has 34 heavy (non-hydrogen) atoms. The molecule has 186 valence electrons. The van der Waals surface area contributed by atoms with E-state index in [1.54, 1.807) is 0 Å². The summed E-state index contributed by atoms with van der Waals surface area (Å²) in [7, 11) is 0. The summed E-state index contributed by atoms with van der Waals surface area (Å²) in [6.45, 7) is 4.98. The summed E-state index contributed by atoms with van der Waals surface area (Å²) >= 11 is 2.02. The molecule has 2 aromatic carbocycles. The SMILES string of the molecule is CCc1cc(CN2CC3(CCSCC3)C2)ccc1-c1ccc(C(O)(C(F)(F)F)C(F)(F)F)cc1. The van der Waals surface area contributed by atoms with E-state index < -0.39 is 23.5 Å². The Hall–Kier alpha value is -1.71. The second kappa shape index (κ2) is 9.06. The van der Waals surface area contributed by atoms with E-state index in [4.69, 9.17) is 0 Å². The van der Waals surface area contributed by atoms with Gasteiger partial charge in [0.15, 0.2) is 0 Å². The maximum atomic E-state index is 13.2. The van der Waals surface area contributed by atoms with E-state index in [-0.39, 0.29) is 0 Å². The Labute approximate surface area is 199 Å². The fourth-order valence-corrected chi connectivity index (χ4v) is 6.45. The first-order chi connectivity index (χ1) is 15.9. The van der Waals surface area contributed by atoms with Crippen LogP contribution in [0.4, 0.5) is 26.3 Å². The molecule has 1 N–H and O–H groups in total. The fourth-order valence-electron chi connectivity index (χ4n) is 5.09. The number of benzene rings is 2. The maximum absolute atomic E-state index is 13.2. The van der Waals surface area contributed by atoms with Gasteiger partial charge in [0.1, 0.15) is 0 Å². The van der Waals surface area contributed by atoms with E-state index in [1.165, 1.54) is 36.5 Å². The first-order valence-corrected chi connectivity index (χ1v) is 12.4. The van der Waals surface area contributed by atoms with Crippen LogP contribution in [-0.4, -0.2) is 47.0 Å². The first kappa shape index (κ1) is 25.4. The summed E-state index contributed by atoms with van der Waals surface area (Å²) in [6.07, 6.45) is -8.59. The molecule has 2 saturated heterocycles. The molecule has 9 heteroatoms. The highest BCUT2D eigenvalue weighted by atomic mass is 32.2. The van der Waals surface area contributed by atoms with Crippen molar-refractivity contribution < 1.29 is 31.4 Å². The van der Waals surface area contributed by atoms with Crippen LogP contribution in [0.3, 0.4) is 0 Å². The number of halogens is 6. The smallest absolute Gasteiger partial charge is 0.369 e. The van der Waals surface area contributed by atoms with Gasteiger partial charge in [-0.05, 0) is 58.4 Å². The van der Waals surface area contributed by atoms with Gasteiger partial charge in [-0.2, -0.15) is 38.1 Å². The highest BCUT2D eigenvalue weighted by Crippen LogP contribution is 2.50. The van der Waals surface area contributed by atoms with Crippen LogP contribution in [-0.2, 0) is 18.6 Å². The zero-order valence-electron chi connectivity index (χ0n) is 18.8. The quantitative estimate of drug-likeness (QED) is 0.468. The molecule has 0 aromatic heterocycles. The summed E-state index contributed by atoms with van der Waals surface area (Å²) in [5, 5.41) is 9.60. The molecule has 2 nitrogen and oxygen atoms in total. The van der Waals surface area contributed by atoms with Crippen LogP contribution in [0.15, 0.2) is 42.5 Å². The Bertz CT molecular complexity index is 990. The van der Waals surface area contributed by atoms with Gasteiger partial charge in [0.25, 0.3) is 5.60 Å². The van der Waals surface area contributed by atoms with Gasteiger partial charge >= 0.3 is 12.4 Å². The lowest BCUT2D eigenvalue weighted by molar-refractivity contribution is -0.376. The third-order valence-electron chi connectivity index (χ3n) is 7.06. The van der Waals surface area contributed by atoms with Crippen LogP contribution >= 0.6 is 11.8 Å². The van der Waals surface area contributed by atoms with Gasteiger partial charge in [-0.1, -0.05) is 49.4 Å². The van der Waals surface area contributed by atoms with Crippen LogP contribution in [0, 0.1) is 5.41 Å².